The van der Waals surface area contributed by atoms with Crippen molar-refractivity contribution in [2.24, 2.45) is 0 Å². The minimum absolute atomic E-state index is 0.0915. The van der Waals surface area contributed by atoms with Crippen molar-refractivity contribution in [3.8, 4) is 11.5 Å². The molecule has 2 amide bonds. The van der Waals surface area contributed by atoms with Crippen LogP contribution in [-0.2, 0) is 0 Å². The van der Waals surface area contributed by atoms with Crippen LogP contribution < -0.4 is 20.1 Å². The Morgan fingerprint density at radius 1 is 1.22 bits per heavy atom. The van der Waals surface area contributed by atoms with Gasteiger partial charge in [0, 0.05) is 7.05 Å². The van der Waals surface area contributed by atoms with E-state index >= 15 is 0 Å². The Bertz CT molecular complexity index is 451. The van der Waals surface area contributed by atoms with Crippen molar-refractivity contribution in [2.75, 3.05) is 7.05 Å². The molecule has 0 atom stereocenters. The zero-order chi connectivity index (χ0) is 13.4. The molecule has 0 saturated carbocycles. The Kier molecular flexibility index (Phi) is 2.72. The second-order valence-electron chi connectivity index (χ2n) is 3.47. The average Bonchev–Trinajstić information content (AvgIpc) is 2.67. The van der Waals surface area contributed by atoms with Gasteiger partial charge in [0.05, 0.1) is 0 Å². The third-order valence-corrected chi connectivity index (χ3v) is 2.23. The highest BCUT2D eigenvalue weighted by atomic mass is 19.4. The van der Waals surface area contributed by atoms with Gasteiger partial charge in [-0.25, -0.2) is 4.79 Å². The van der Waals surface area contributed by atoms with Gasteiger partial charge in [-0.05, 0) is 12.1 Å². The van der Waals surface area contributed by atoms with Gasteiger partial charge in [-0.2, -0.15) is 13.2 Å². The fourth-order valence-electron chi connectivity index (χ4n) is 1.40. The molecular formula is C10H9F3N2O3. The Labute approximate surface area is 99.9 Å². The number of para-hydroxylation sites is 2. The molecule has 0 radical (unpaired) electrons. The number of halogens is 3. The number of fused-ring (bicyclic) bond motifs is 1. The van der Waals surface area contributed by atoms with E-state index in [1.54, 1.807) is 5.32 Å². The first-order valence-corrected chi connectivity index (χ1v) is 4.91. The maximum atomic E-state index is 13.0. The zero-order valence-corrected chi connectivity index (χ0v) is 9.17. The Morgan fingerprint density at radius 2 is 1.72 bits per heavy atom. The molecule has 5 nitrogen and oxygen atoms in total. The summed E-state index contributed by atoms with van der Waals surface area (Å²) < 4.78 is 48.4. The molecule has 8 heteroatoms. The Hall–Kier alpha value is -2.12. The summed E-state index contributed by atoms with van der Waals surface area (Å²) in [6.07, 6.45) is -4.93. The van der Waals surface area contributed by atoms with Gasteiger partial charge in [0.15, 0.2) is 11.5 Å². The van der Waals surface area contributed by atoms with Gasteiger partial charge in [0.2, 0.25) is 0 Å². The number of hydrogen-bond donors (Lipinski definition) is 2. The lowest BCUT2D eigenvalue weighted by atomic mass is 10.3. The lowest BCUT2D eigenvalue weighted by Gasteiger charge is -2.29. The fraction of sp³-hybridized carbons (Fsp3) is 0.300. The van der Waals surface area contributed by atoms with E-state index in [1.165, 1.54) is 31.3 Å². The molecule has 0 spiro atoms. The molecule has 0 aliphatic carbocycles. The van der Waals surface area contributed by atoms with Crippen LogP contribution in [0.5, 0.6) is 11.5 Å². The van der Waals surface area contributed by atoms with Crippen molar-refractivity contribution in [2.45, 2.75) is 12.1 Å². The molecule has 2 rings (SSSR count). The van der Waals surface area contributed by atoms with Crippen molar-refractivity contribution in [1.29, 1.82) is 0 Å². The van der Waals surface area contributed by atoms with Crippen LogP contribution in [0.15, 0.2) is 24.3 Å². The molecule has 1 heterocycles. The molecule has 18 heavy (non-hydrogen) atoms. The van der Waals surface area contributed by atoms with Gasteiger partial charge in [-0.1, -0.05) is 12.1 Å². The summed E-state index contributed by atoms with van der Waals surface area (Å²) in [4.78, 5) is 11.1. The topological polar surface area (TPSA) is 59.6 Å². The molecule has 98 valence electrons. The van der Waals surface area contributed by atoms with Crippen LogP contribution in [0, 0.1) is 0 Å². The van der Waals surface area contributed by atoms with Crippen LogP contribution >= 0.6 is 0 Å². The van der Waals surface area contributed by atoms with E-state index in [9.17, 15) is 18.0 Å². The van der Waals surface area contributed by atoms with Crippen molar-refractivity contribution in [3.63, 3.8) is 0 Å². The molecule has 1 aromatic rings. The first-order chi connectivity index (χ1) is 8.38. The molecule has 1 aliphatic heterocycles. The molecular weight excluding hydrogens is 253 g/mol. The van der Waals surface area contributed by atoms with Gasteiger partial charge in [0.25, 0.3) is 0 Å². The first kappa shape index (κ1) is 12.3. The van der Waals surface area contributed by atoms with Crippen LogP contribution in [0.3, 0.4) is 0 Å². The first-order valence-electron chi connectivity index (χ1n) is 4.91. The van der Waals surface area contributed by atoms with Gasteiger partial charge in [-0.3, -0.25) is 5.32 Å². The highest BCUT2D eigenvalue weighted by Crippen LogP contribution is 2.44. The van der Waals surface area contributed by atoms with Crippen molar-refractivity contribution < 1.29 is 27.4 Å². The van der Waals surface area contributed by atoms with Gasteiger partial charge < -0.3 is 14.8 Å². The average molecular weight is 262 g/mol. The maximum Gasteiger partial charge on any atom is 0.492 e. The van der Waals surface area contributed by atoms with Crippen LogP contribution in [-0.4, -0.2) is 25.2 Å². The summed E-state index contributed by atoms with van der Waals surface area (Å²) in [6.45, 7) is 0. The smallest absolute Gasteiger partial charge is 0.424 e. The molecule has 2 N–H and O–H groups in total. The third kappa shape index (κ3) is 1.89. The number of carbonyl (C=O) groups is 1. The quantitative estimate of drug-likeness (QED) is 0.808. The van der Waals surface area contributed by atoms with E-state index in [2.05, 4.69) is 0 Å². The highest BCUT2D eigenvalue weighted by molar-refractivity contribution is 5.74. The normalized spacial score (nSPS) is 16.2. The number of hydrogen-bond acceptors (Lipinski definition) is 3. The molecule has 0 saturated heterocycles. The van der Waals surface area contributed by atoms with Crippen molar-refractivity contribution in [1.82, 2.24) is 10.6 Å². The number of rotatable bonds is 1. The van der Waals surface area contributed by atoms with Gasteiger partial charge in [-0.15, -0.1) is 0 Å². The molecule has 1 aliphatic rings. The van der Waals surface area contributed by atoms with Crippen LogP contribution in [0.2, 0.25) is 0 Å². The van der Waals surface area contributed by atoms with E-state index in [1.807, 2.05) is 5.32 Å². The molecule has 0 fully saturated rings. The monoisotopic (exact) mass is 262 g/mol. The van der Waals surface area contributed by atoms with Crippen LogP contribution in [0.1, 0.15) is 0 Å². The molecule has 0 aromatic heterocycles. The molecule has 0 unspecified atom stereocenters. The summed E-state index contributed by atoms with van der Waals surface area (Å²) in [5, 5.41) is 3.61. The number of urea groups is 1. The summed E-state index contributed by atoms with van der Waals surface area (Å²) in [5.41, 5.74) is 0. The highest BCUT2D eigenvalue weighted by Gasteiger charge is 2.65. The molecule has 1 aromatic carbocycles. The summed E-state index contributed by atoms with van der Waals surface area (Å²) in [5.74, 6) is -3.38. The predicted molar refractivity (Wildman–Crippen MR) is 54.1 cm³/mol. The number of nitrogens with one attached hydrogen (secondary N) is 2. The second kappa shape index (κ2) is 3.97. The number of amides is 2. The largest absolute Gasteiger partial charge is 0.492 e. The third-order valence-electron chi connectivity index (χ3n) is 2.23. The number of alkyl halides is 3. The summed E-state index contributed by atoms with van der Waals surface area (Å²) in [7, 11) is 1.18. The standard InChI is InChI=1S/C10H9F3N2O3/c1-14-8(16)15-10(9(11,12)13)17-6-4-2-3-5-7(6)18-10/h2-5H,1H3,(H2,14,15,16). The second-order valence-corrected chi connectivity index (χ2v) is 3.47. The van der Waals surface area contributed by atoms with Gasteiger partial charge in [0.1, 0.15) is 0 Å². The number of carbonyl (C=O) groups excluding carboxylic acids is 1. The number of ether oxygens (including phenoxy) is 2. The minimum atomic E-state index is -4.93. The fourth-order valence-corrected chi connectivity index (χ4v) is 1.40. The minimum Gasteiger partial charge on any atom is -0.424 e. The maximum absolute atomic E-state index is 13.0. The predicted octanol–water partition coefficient (Wildman–Crippen LogP) is 1.60. The lowest BCUT2D eigenvalue weighted by Crippen LogP contribution is -2.66. The van der Waals surface area contributed by atoms with Crippen molar-refractivity contribution in [3.05, 3.63) is 24.3 Å². The Morgan fingerprint density at radius 3 is 2.11 bits per heavy atom. The van der Waals surface area contributed by atoms with E-state index in [0.717, 1.165) is 0 Å². The SMILES string of the molecule is CNC(=O)NC1(C(F)(F)F)Oc2ccccc2O1. The molecule has 0 bridgehead atoms. The Balaban J connectivity index is 2.34. The van der Waals surface area contributed by atoms with Gasteiger partial charge >= 0.3 is 18.1 Å². The van der Waals surface area contributed by atoms with E-state index in [-0.39, 0.29) is 11.5 Å². The van der Waals surface area contributed by atoms with E-state index in [4.69, 9.17) is 9.47 Å². The summed E-state index contributed by atoms with van der Waals surface area (Å²) in [6, 6.07) is 4.55. The number of benzene rings is 1. The zero-order valence-electron chi connectivity index (χ0n) is 9.17. The van der Waals surface area contributed by atoms with Crippen LogP contribution in [0.25, 0.3) is 0 Å². The lowest BCUT2D eigenvalue weighted by molar-refractivity contribution is -0.317. The van der Waals surface area contributed by atoms with Crippen LogP contribution in [0.4, 0.5) is 18.0 Å². The van der Waals surface area contributed by atoms with E-state index in [0.29, 0.717) is 0 Å². The van der Waals surface area contributed by atoms with E-state index < -0.39 is 18.1 Å². The van der Waals surface area contributed by atoms with Crippen molar-refractivity contribution >= 4 is 6.03 Å². The summed E-state index contributed by atoms with van der Waals surface area (Å²) >= 11 is 0.